The summed E-state index contributed by atoms with van der Waals surface area (Å²) >= 11 is 0. The Kier molecular flexibility index (Phi) is 4.05. The van der Waals surface area contributed by atoms with E-state index < -0.39 is 11.9 Å². The Morgan fingerprint density at radius 1 is 1.00 bits per heavy atom. The topological polar surface area (TPSA) is 72.6 Å². The quantitative estimate of drug-likeness (QED) is 0.789. The normalized spacial score (nSPS) is 15.7. The molecular formula is C21H18N2O3. The van der Waals surface area contributed by atoms with Gasteiger partial charge in [-0.05, 0) is 34.5 Å². The van der Waals surface area contributed by atoms with E-state index in [-0.39, 0.29) is 12.5 Å². The Bertz CT molecular complexity index is 999. The van der Waals surface area contributed by atoms with Gasteiger partial charge in [0.15, 0.2) is 6.61 Å². The van der Waals surface area contributed by atoms with Gasteiger partial charge in [-0.25, -0.2) is 0 Å². The van der Waals surface area contributed by atoms with Gasteiger partial charge >= 0.3 is 0 Å². The molecule has 4 rings (SSSR count). The molecule has 2 amide bonds. The van der Waals surface area contributed by atoms with E-state index in [1.807, 2.05) is 66.7 Å². The molecule has 0 fully saturated rings. The van der Waals surface area contributed by atoms with Crippen LogP contribution in [0.15, 0.2) is 66.7 Å². The standard InChI is InChI=1S/C21H18N2O3/c22-21(25)19-12-16-7-3-4-8-18(16)23(19)20(24)13-26-17-10-9-14-5-1-2-6-15(14)11-17/h1-11,19H,12-13H2,(H2,22,25)/t19-/m1/s1. The molecule has 2 N–H and O–H groups in total. The SMILES string of the molecule is NC(=O)[C@H]1Cc2ccccc2N1C(=O)COc1ccc2ccccc2c1. The van der Waals surface area contributed by atoms with E-state index >= 15 is 0 Å². The Hall–Kier alpha value is -3.34. The second-order valence-electron chi connectivity index (χ2n) is 6.31. The molecule has 1 aliphatic rings. The van der Waals surface area contributed by atoms with Gasteiger partial charge in [0, 0.05) is 12.1 Å². The second kappa shape index (κ2) is 6.52. The molecule has 3 aromatic rings. The summed E-state index contributed by atoms with van der Waals surface area (Å²) < 4.78 is 5.69. The molecule has 1 heterocycles. The van der Waals surface area contributed by atoms with Gasteiger partial charge in [0.1, 0.15) is 11.8 Å². The number of benzene rings is 3. The van der Waals surface area contributed by atoms with Crippen molar-refractivity contribution in [1.29, 1.82) is 0 Å². The van der Waals surface area contributed by atoms with Crippen LogP contribution in [0.1, 0.15) is 5.56 Å². The molecule has 0 aromatic heterocycles. The zero-order valence-electron chi connectivity index (χ0n) is 14.1. The van der Waals surface area contributed by atoms with E-state index in [4.69, 9.17) is 10.5 Å². The maximum atomic E-state index is 12.8. The van der Waals surface area contributed by atoms with Gasteiger partial charge in [-0.1, -0.05) is 48.5 Å². The minimum Gasteiger partial charge on any atom is -0.484 e. The number of hydrogen-bond donors (Lipinski definition) is 1. The molecule has 0 spiro atoms. The number of fused-ring (bicyclic) bond motifs is 2. The Balaban J connectivity index is 1.53. The first-order chi connectivity index (χ1) is 12.6. The number of carbonyl (C=O) groups excluding carboxylic acids is 2. The number of rotatable bonds is 4. The Morgan fingerprint density at radius 3 is 2.54 bits per heavy atom. The number of ether oxygens (including phenoxy) is 1. The summed E-state index contributed by atoms with van der Waals surface area (Å²) in [5.41, 5.74) is 7.17. The molecule has 0 saturated carbocycles. The molecule has 0 aliphatic carbocycles. The third kappa shape index (κ3) is 2.88. The van der Waals surface area contributed by atoms with Gasteiger partial charge in [0.05, 0.1) is 0 Å². The summed E-state index contributed by atoms with van der Waals surface area (Å²) in [5, 5.41) is 2.15. The summed E-state index contributed by atoms with van der Waals surface area (Å²) in [6.45, 7) is -0.156. The number of primary amides is 1. The lowest BCUT2D eigenvalue weighted by atomic mass is 10.1. The van der Waals surface area contributed by atoms with Gasteiger partial charge < -0.3 is 10.5 Å². The van der Waals surface area contributed by atoms with Crippen molar-refractivity contribution in [3.05, 3.63) is 72.3 Å². The van der Waals surface area contributed by atoms with Crippen molar-refractivity contribution < 1.29 is 14.3 Å². The first kappa shape index (κ1) is 16.1. The van der Waals surface area contributed by atoms with Gasteiger partial charge in [-0.3, -0.25) is 14.5 Å². The highest BCUT2D eigenvalue weighted by Crippen LogP contribution is 2.32. The van der Waals surface area contributed by atoms with E-state index in [2.05, 4.69) is 0 Å². The van der Waals surface area contributed by atoms with Crippen molar-refractivity contribution in [3.63, 3.8) is 0 Å². The molecule has 1 atom stereocenters. The lowest BCUT2D eigenvalue weighted by Crippen LogP contribution is -2.47. The molecule has 3 aromatic carbocycles. The van der Waals surface area contributed by atoms with Crippen molar-refractivity contribution in [2.45, 2.75) is 12.5 Å². The zero-order valence-corrected chi connectivity index (χ0v) is 14.1. The summed E-state index contributed by atoms with van der Waals surface area (Å²) in [7, 11) is 0. The number of nitrogens with two attached hydrogens (primary N) is 1. The molecular weight excluding hydrogens is 328 g/mol. The van der Waals surface area contributed by atoms with Crippen LogP contribution in [-0.2, 0) is 16.0 Å². The van der Waals surface area contributed by atoms with Crippen LogP contribution in [0.25, 0.3) is 10.8 Å². The molecule has 0 saturated heterocycles. The van der Waals surface area contributed by atoms with Crippen LogP contribution in [0, 0.1) is 0 Å². The number of nitrogens with zero attached hydrogens (tertiary/aromatic N) is 1. The largest absolute Gasteiger partial charge is 0.484 e. The van der Waals surface area contributed by atoms with Crippen molar-refractivity contribution in [3.8, 4) is 5.75 Å². The van der Waals surface area contributed by atoms with Crippen LogP contribution >= 0.6 is 0 Å². The highest BCUT2D eigenvalue weighted by molar-refractivity contribution is 6.03. The monoisotopic (exact) mass is 346 g/mol. The lowest BCUT2D eigenvalue weighted by Gasteiger charge is -2.23. The molecule has 5 heteroatoms. The van der Waals surface area contributed by atoms with Crippen LogP contribution < -0.4 is 15.4 Å². The molecule has 0 bridgehead atoms. The van der Waals surface area contributed by atoms with Gasteiger partial charge in [-0.2, -0.15) is 0 Å². The molecule has 5 nitrogen and oxygen atoms in total. The van der Waals surface area contributed by atoms with Crippen LogP contribution in [0.3, 0.4) is 0 Å². The van der Waals surface area contributed by atoms with Crippen molar-refractivity contribution in [1.82, 2.24) is 0 Å². The summed E-state index contributed by atoms with van der Waals surface area (Å²) in [5.74, 6) is -0.188. The predicted molar refractivity (Wildman–Crippen MR) is 100 cm³/mol. The summed E-state index contributed by atoms with van der Waals surface area (Å²) in [6.07, 6.45) is 0.438. The minimum atomic E-state index is -0.667. The van der Waals surface area contributed by atoms with Gasteiger partial charge in [-0.15, -0.1) is 0 Å². The highest BCUT2D eigenvalue weighted by Gasteiger charge is 2.37. The van der Waals surface area contributed by atoms with E-state index in [1.165, 1.54) is 4.90 Å². The van der Waals surface area contributed by atoms with Crippen LogP contribution in [0.5, 0.6) is 5.75 Å². The molecule has 26 heavy (non-hydrogen) atoms. The molecule has 1 aliphatic heterocycles. The van der Waals surface area contributed by atoms with Crippen LogP contribution in [-0.4, -0.2) is 24.5 Å². The van der Waals surface area contributed by atoms with Crippen molar-refractivity contribution >= 4 is 28.3 Å². The van der Waals surface area contributed by atoms with E-state index in [1.54, 1.807) is 0 Å². The number of anilines is 1. The predicted octanol–water partition coefficient (Wildman–Crippen LogP) is 2.66. The fourth-order valence-corrected chi connectivity index (χ4v) is 3.39. The number of para-hydroxylation sites is 1. The smallest absolute Gasteiger partial charge is 0.265 e. The van der Waals surface area contributed by atoms with E-state index in [9.17, 15) is 9.59 Å². The van der Waals surface area contributed by atoms with Crippen molar-refractivity contribution in [2.75, 3.05) is 11.5 Å². The van der Waals surface area contributed by atoms with Gasteiger partial charge in [0.2, 0.25) is 5.91 Å². The molecule has 130 valence electrons. The fourth-order valence-electron chi connectivity index (χ4n) is 3.39. The summed E-state index contributed by atoms with van der Waals surface area (Å²) in [6, 6.07) is 20.4. The molecule has 0 radical (unpaired) electrons. The lowest BCUT2D eigenvalue weighted by molar-refractivity contribution is -0.125. The zero-order chi connectivity index (χ0) is 18.1. The fraction of sp³-hybridized carbons (Fsp3) is 0.143. The first-order valence-electron chi connectivity index (χ1n) is 8.44. The Morgan fingerprint density at radius 2 is 1.73 bits per heavy atom. The first-order valence-corrected chi connectivity index (χ1v) is 8.44. The van der Waals surface area contributed by atoms with Crippen LogP contribution in [0.2, 0.25) is 0 Å². The number of hydrogen-bond acceptors (Lipinski definition) is 3. The maximum absolute atomic E-state index is 12.8. The number of amides is 2. The Labute approximate surface area is 151 Å². The van der Waals surface area contributed by atoms with Gasteiger partial charge in [0.25, 0.3) is 5.91 Å². The second-order valence-corrected chi connectivity index (χ2v) is 6.31. The summed E-state index contributed by atoms with van der Waals surface area (Å²) in [4.78, 5) is 26.0. The third-order valence-corrected chi connectivity index (χ3v) is 4.66. The molecule has 0 unspecified atom stereocenters. The van der Waals surface area contributed by atoms with E-state index in [0.717, 1.165) is 22.0 Å². The third-order valence-electron chi connectivity index (χ3n) is 4.66. The highest BCUT2D eigenvalue weighted by atomic mass is 16.5. The minimum absolute atomic E-state index is 0.156. The van der Waals surface area contributed by atoms with Crippen molar-refractivity contribution in [2.24, 2.45) is 5.73 Å². The average molecular weight is 346 g/mol. The number of carbonyl (C=O) groups is 2. The average Bonchev–Trinajstić information content (AvgIpc) is 3.06. The maximum Gasteiger partial charge on any atom is 0.265 e. The van der Waals surface area contributed by atoms with Crippen LogP contribution in [0.4, 0.5) is 5.69 Å². The van der Waals surface area contributed by atoms with E-state index in [0.29, 0.717) is 12.2 Å².